The summed E-state index contributed by atoms with van der Waals surface area (Å²) in [4.78, 5) is 0. The third-order valence-electron chi connectivity index (χ3n) is 5.25. The number of aromatic nitrogens is 2. The van der Waals surface area contributed by atoms with Crippen LogP contribution in [0.15, 0.2) is 28.9 Å². The Bertz CT molecular complexity index is 959. The molecule has 1 aliphatic rings. The first-order chi connectivity index (χ1) is 12.9. The normalized spacial score (nSPS) is 17.5. The van der Waals surface area contributed by atoms with Crippen LogP contribution in [0.5, 0.6) is 0 Å². The van der Waals surface area contributed by atoms with Crippen LogP contribution in [-0.2, 0) is 6.54 Å². The van der Waals surface area contributed by atoms with Gasteiger partial charge in [0.25, 0.3) is 0 Å². The van der Waals surface area contributed by atoms with Crippen LogP contribution >= 0.6 is 23.2 Å². The molecule has 4 nitrogen and oxygen atoms in total. The van der Waals surface area contributed by atoms with E-state index in [1.807, 2.05) is 19.1 Å². The summed E-state index contributed by atoms with van der Waals surface area (Å²) in [5.41, 5.74) is 3.42. The summed E-state index contributed by atoms with van der Waals surface area (Å²) in [6.07, 6.45) is 2.21. The van der Waals surface area contributed by atoms with Crippen LogP contribution in [-0.4, -0.2) is 15.5 Å². The van der Waals surface area contributed by atoms with E-state index in [9.17, 15) is 8.78 Å². The number of halogens is 4. The van der Waals surface area contributed by atoms with Crippen LogP contribution in [0.2, 0.25) is 10.3 Å². The first kappa shape index (κ1) is 18.6. The molecule has 1 aliphatic carbocycles. The Balaban J connectivity index is 1.73. The van der Waals surface area contributed by atoms with Gasteiger partial charge in [-0.3, -0.25) is 0 Å². The first-order valence-electron chi connectivity index (χ1n) is 8.87. The average molecular weight is 414 g/mol. The van der Waals surface area contributed by atoms with Crippen molar-refractivity contribution in [2.75, 3.05) is 5.32 Å². The lowest BCUT2D eigenvalue weighted by Gasteiger charge is -2.28. The van der Waals surface area contributed by atoms with Crippen LogP contribution in [0.4, 0.5) is 14.5 Å². The fourth-order valence-corrected chi connectivity index (χ4v) is 4.51. The number of rotatable bonds is 4. The van der Waals surface area contributed by atoms with E-state index >= 15 is 0 Å². The Hall–Kier alpha value is -1.79. The molecule has 3 aromatic rings. The standard InChI is InChI=1S/C19H19Cl2F2N3O/c1-11-16(12-4-6-19(22,23)7-5-12)18(21)26-17(11)14(9-15(20)25-26)24-10-13-3-2-8-27-13/h2-3,8-9,12,24H,4-7,10H2,1H3. The lowest BCUT2D eigenvalue weighted by molar-refractivity contribution is -0.0382. The molecule has 0 saturated heterocycles. The molecule has 0 radical (unpaired) electrons. The number of aryl methyl sites for hydroxylation is 1. The molecule has 0 amide bonds. The second kappa shape index (κ2) is 6.99. The Labute approximate surface area is 165 Å². The minimum atomic E-state index is -2.58. The van der Waals surface area contributed by atoms with Crippen molar-refractivity contribution in [1.82, 2.24) is 9.61 Å². The molecular formula is C19H19Cl2F2N3O. The van der Waals surface area contributed by atoms with Gasteiger partial charge in [0.15, 0.2) is 5.15 Å². The van der Waals surface area contributed by atoms with Crippen LogP contribution in [0.3, 0.4) is 0 Å². The number of nitrogens with one attached hydrogen (secondary N) is 1. The van der Waals surface area contributed by atoms with Gasteiger partial charge in [0.2, 0.25) is 5.92 Å². The Morgan fingerprint density at radius 2 is 2.07 bits per heavy atom. The number of fused-ring (bicyclic) bond motifs is 1. The topological polar surface area (TPSA) is 42.5 Å². The molecule has 0 atom stereocenters. The molecule has 8 heteroatoms. The molecule has 144 valence electrons. The summed E-state index contributed by atoms with van der Waals surface area (Å²) in [6, 6.07) is 5.43. The largest absolute Gasteiger partial charge is 0.467 e. The molecule has 0 aromatic carbocycles. The zero-order valence-electron chi connectivity index (χ0n) is 14.7. The highest BCUT2D eigenvalue weighted by Crippen LogP contribution is 2.46. The fourth-order valence-electron chi connectivity index (χ4n) is 3.91. The number of hydrogen-bond donors (Lipinski definition) is 1. The number of alkyl halides is 2. The minimum absolute atomic E-state index is 0.00414. The molecule has 4 rings (SSSR count). The Kier molecular flexibility index (Phi) is 4.80. The lowest BCUT2D eigenvalue weighted by Crippen LogP contribution is -2.23. The maximum absolute atomic E-state index is 13.6. The molecule has 0 aliphatic heterocycles. The number of furan rings is 1. The zero-order chi connectivity index (χ0) is 19.2. The maximum Gasteiger partial charge on any atom is 0.248 e. The summed E-state index contributed by atoms with van der Waals surface area (Å²) in [7, 11) is 0. The van der Waals surface area contributed by atoms with E-state index < -0.39 is 5.92 Å². The van der Waals surface area contributed by atoms with E-state index in [2.05, 4.69) is 10.4 Å². The minimum Gasteiger partial charge on any atom is -0.467 e. The Morgan fingerprint density at radius 3 is 2.74 bits per heavy atom. The van der Waals surface area contributed by atoms with Crippen molar-refractivity contribution in [1.29, 1.82) is 0 Å². The molecule has 3 heterocycles. The summed E-state index contributed by atoms with van der Waals surface area (Å²) in [6.45, 7) is 2.44. The summed E-state index contributed by atoms with van der Waals surface area (Å²) in [5.74, 6) is -1.80. The van der Waals surface area contributed by atoms with E-state index in [-0.39, 0.29) is 18.8 Å². The van der Waals surface area contributed by atoms with E-state index in [4.69, 9.17) is 27.6 Å². The molecule has 1 fully saturated rings. The molecule has 1 saturated carbocycles. The van der Waals surface area contributed by atoms with Crippen molar-refractivity contribution in [3.63, 3.8) is 0 Å². The van der Waals surface area contributed by atoms with Crippen molar-refractivity contribution in [2.24, 2.45) is 0 Å². The predicted octanol–water partition coefficient (Wildman–Crippen LogP) is 6.45. The summed E-state index contributed by atoms with van der Waals surface area (Å²) in [5, 5.41) is 8.38. The molecule has 1 N–H and O–H groups in total. The van der Waals surface area contributed by atoms with Crippen molar-refractivity contribution in [2.45, 2.75) is 51.0 Å². The molecule has 0 bridgehead atoms. The third kappa shape index (κ3) is 3.52. The molecular weight excluding hydrogens is 395 g/mol. The van der Waals surface area contributed by atoms with E-state index in [0.717, 1.165) is 28.1 Å². The van der Waals surface area contributed by atoms with E-state index in [1.54, 1.807) is 16.8 Å². The smallest absolute Gasteiger partial charge is 0.248 e. The van der Waals surface area contributed by atoms with Gasteiger partial charge in [0.05, 0.1) is 24.0 Å². The monoisotopic (exact) mass is 413 g/mol. The van der Waals surface area contributed by atoms with E-state index in [1.165, 1.54) is 0 Å². The van der Waals surface area contributed by atoms with Gasteiger partial charge in [-0.2, -0.15) is 5.10 Å². The quantitative estimate of drug-likeness (QED) is 0.534. The van der Waals surface area contributed by atoms with Gasteiger partial charge in [-0.15, -0.1) is 0 Å². The van der Waals surface area contributed by atoms with Gasteiger partial charge in [0, 0.05) is 18.9 Å². The number of anilines is 1. The second-order valence-corrected chi connectivity index (χ2v) is 7.78. The number of hydrogen-bond acceptors (Lipinski definition) is 3. The van der Waals surface area contributed by atoms with Crippen LogP contribution in [0, 0.1) is 6.92 Å². The maximum atomic E-state index is 13.6. The fraction of sp³-hybridized carbons (Fsp3) is 0.421. The molecule has 3 aromatic heterocycles. The third-order valence-corrected chi connectivity index (χ3v) is 5.80. The highest BCUT2D eigenvalue weighted by Gasteiger charge is 2.37. The van der Waals surface area contributed by atoms with Gasteiger partial charge < -0.3 is 9.73 Å². The van der Waals surface area contributed by atoms with Crippen molar-refractivity contribution in [3.8, 4) is 0 Å². The average Bonchev–Trinajstić information content (AvgIpc) is 3.21. The van der Waals surface area contributed by atoms with E-state index in [0.29, 0.717) is 29.7 Å². The van der Waals surface area contributed by atoms with Crippen LogP contribution in [0.25, 0.3) is 5.52 Å². The zero-order valence-corrected chi connectivity index (χ0v) is 16.2. The van der Waals surface area contributed by atoms with Gasteiger partial charge in [-0.25, -0.2) is 13.3 Å². The predicted molar refractivity (Wildman–Crippen MR) is 102 cm³/mol. The first-order valence-corrected chi connectivity index (χ1v) is 9.62. The lowest BCUT2D eigenvalue weighted by atomic mass is 9.82. The van der Waals surface area contributed by atoms with Gasteiger partial charge in [0.1, 0.15) is 10.9 Å². The highest BCUT2D eigenvalue weighted by atomic mass is 35.5. The number of nitrogens with zero attached hydrogens (tertiary/aromatic N) is 2. The van der Waals surface area contributed by atoms with Gasteiger partial charge >= 0.3 is 0 Å². The van der Waals surface area contributed by atoms with Crippen molar-refractivity contribution in [3.05, 3.63) is 51.7 Å². The molecule has 0 spiro atoms. The van der Waals surface area contributed by atoms with Gasteiger partial charge in [-0.1, -0.05) is 23.2 Å². The molecule has 0 unspecified atom stereocenters. The second-order valence-electron chi connectivity index (χ2n) is 7.03. The SMILES string of the molecule is Cc1c(C2CCC(F)(F)CC2)c(Cl)n2nc(Cl)cc(NCc3ccco3)c12. The highest BCUT2D eigenvalue weighted by molar-refractivity contribution is 6.32. The van der Waals surface area contributed by atoms with Crippen molar-refractivity contribution < 1.29 is 13.2 Å². The molecule has 27 heavy (non-hydrogen) atoms. The Morgan fingerprint density at radius 1 is 1.33 bits per heavy atom. The summed E-state index contributed by atoms with van der Waals surface area (Å²) < 4.78 is 34.1. The summed E-state index contributed by atoms with van der Waals surface area (Å²) >= 11 is 12.8. The van der Waals surface area contributed by atoms with Crippen LogP contribution < -0.4 is 5.32 Å². The van der Waals surface area contributed by atoms with Crippen LogP contribution in [0.1, 0.15) is 48.5 Å². The van der Waals surface area contributed by atoms with Crippen molar-refractivity contribution >= 4 is 34.4 Å². The van der Waals surface area contributed by atoms with Gasteiger partial charge in [-0.05, 0) is 48.9 Å².